The first kappa shape index (κ1) is 63.5. The van der Waals surface area contributed by atoms with Gasteiger partial charge in [-0.1, -0.05) is 87.4 Å². The molecule has 0 radical (unpaired) electrons. The number of esters is 2. The van der Waals surface area contributed by atoms with Crippen LogP contribution in [0, 0.1) is 0 Å². The minimum absolute atomic E-state index is 0.00376. The number of carbonyl (C=O) groups is 6. The van der Waals surface area contributed by atoms with Crippen LogP contribution in [-0.4, -0.2) is 96.7 Å². The van der Waals surface area contributed by atoms with Gasteiger partial charge in [-0.05, 0) is 158 Å². The molecule has 0 fully saturated rings. The molecule has 17 nitrogen and oxygen atoms in total. The molecule has 4 aromatic carbocycles. The number of benzene rings is 4. The summed E-state index contributed by atoms with van der Waals surface area (Å²) in [5.41, 5.74) is 9.83. The predicted octanol–water partition coefficient (Wildman–Crippen LogP) is 12.2. The van der Waals surface area contributed by atoms with Crippen LogP contribution in [0.2, 0.25) is 39.3 Å². The smallest absolute Gasteiger partial charge is 0.412 e. The highest BCUT2D eigenvalue weighted by Gasteiger charge is 2.39. The fraction of sp³-hybridized carbons (Fsp3) is 0.459. The minimum atomic E-state index is -1.31. The zero-order valence-electron chi connectivity index (χ0n) is 49.6. The Morgan fingerprint density at radius 3 is 1.52 bits per heavy atom. The van der Waals surface area contributed by atoms with E-state index in [4.69, 9.17) is 19.9 Å². The number of rotatable bonds is 16. The van der Waals surface area contributed by atoms with Gasteiger partial charge in [0.05, 0.1) is 46.8 Å². The molecule has 3 amide bonds. The van der Waals surface area contributed by atoms with Crippen molar-refractivity contribution in [2.75, 3.05) is 24.3 Å². The van der Waals surface area contributed by atoms with Crippen molar-refractivity contribution in [3.8, 4) is 0 Å². The Balaban J connectivity index is 0.000000249. The Kier molecular flexibility index (Phi) is 21.2. The molecule has 5 aromatic rings. The first-order valence-corrected chi connectivity index (χ1v) is 34.4. The van der Waals surface area contributed by atoms with Gasteiger partial charge < -0.3 is 29.7 Å². The van der Waals surface area contributed by atoms with Gasteiger partial charge in [-0.15, -0.1) is 0 Å². The Morgan fingerprint density at radius 2 is 1.09 bits per heavy atom. The summed E-state index contributed by atoms with van der Waals surface area (Å²) in [5, 5.41) is 3.19. The lowest BCUT2D eigenvalue weighted by Crippen LogP contribution is -2.36. The highest BCUT2D eigenvalue weighted by atomic mass is 28.3. The Labute approximate surface area is 474 Å². The summed E-state index contributed by atoms with van der Waals surface area (Å²) in [6.45, 7) is 31.7. The number of anilines is 2. The second kappa shape index (κ2) is 26.7. The van der Waals surface area contributed by atoms with Gasteiger partial charge in [-0.25, -0.2) is 14.8 Å². The van der Waals surface area contributed by atoms with Crippen LogP contribution in [0.3, 0.4) is 0 Å². The van der Waals surface area contributed by atoms with Crippen LogP contribution in [0.15, 0.2) is 94.2 Å². The highest BCUT2D eigenvalue weighted by Crippen LogP contribution is 2.36. The molecule has 0 saturated heterocycles. The van der Waals surface area contributed by atoms with Crippen molar-refractivity contribution in [1.29, 1.82) is 0 Å². The van der Waals surface area contributed by atoms with E-state index in [2.05, 4.69) is 69.9 Å². The number of ketones is 1. The van der Waals surface area contributed by atoms with Gasteiger partial charge in [0, 0.05) is 31.6 Å². The topological polar surface area (TPSA) is 225 Å². The molecule has 7 rings (SSSR count). The minimum Gasteiger partial charge on any atom is -0.465 e. The SMILES string of the molecule is CCCC(C)(C(=O)OCC)c1ccc(NC(=O)OC(C)(C)C)c(C(=O)C(=O)N2Cc3ccccc3C2)c1.CCCC(C)(C(=O)OCC)c1ccc2nc(N)nc(C(=O)N3Cc4ccccc4C3)c2c1.C[Si](C)(C)N=C=N[Si](C)(C)C. The standard InChI is InChI=1S/C29H36N2O6.C25H28N4O3.C7H18N2Si2/c1-7-15-29(6,26(34)36-8-2)21-13-14-23(30-27(35)37-28(3,4)5)22(16-21)24(32)25(33)31-17-19-11-9-10-12-20(19)18-31;1-4-12-25(3,23(31)32-5-2)18-10-11-20-19(13-18)21(28-24(26)27-20)22(30)29-14-16-8-6-7-9-17(16)15-29;1-10(2,3)8-7-9-11(4,5)6/h9-14,16H,7-8,15,17-18H2,1-6H3,(H,30,35);6-11,13H,4-5,12,14-15H2,1-3H3,(H2,26,27,28);1-6H3. The van der Waals surface area contributed by atoms with Crippen LogP contribution in [0.1, 0.15) is 142 Å². The van der Waals surface area contributed by atoms with Gasteiger partial charge in [-0.3, -0.25) is 38.6 Å². The molecular formula is C61H82N8O9Si2. The number of ether oxygens (including phenoxy) is 3. The number of hydrogen-bond acceptors (Lipinski definition) is 14. The molecule has 2 aliphatic rings. The number of amides is 3. The van der Waals surface area contributed by atoms with Crippen molar-refractivity contribution >= 4 is 80.6 Å². The van der Waals surface area contributed by atoms with Crippen molar-refractivity contribution in [1.82, 2.24) is 19.8 Å². The molecule has 19 heteroatoms. The number of aromatic nitrogens is 2. The largest absolute Gasteiger partial charge is 0.465 e. The van der Waals surface area contributed by atoms with Gasteiger partial charge in [0.1, 0.15) is 11.3 Å². The number of nitrogens with zero attached hydrogens (tertiary/aromatic N) is 6. The number of fused-ring (bicyclic) bond motifs is 3. The number of carbonyl (C=O) groups excluding carboxylic acids is 6. The first-order valence-electron chi connectivity index (χ1n) is 27.5. The summed E-state index contributed by atoms with van der Waals surface area (Å²) in [7, 11) is -2.63. The number of nitrogens with one attached hydrogen (secondary N) is 1. The summed E-state index contributed by atoms with van der Waals surface area (Å²) < 4.78 is 24.7. The van der Waals surface area contributed by atoms with Gasteiger partial charge in [0.25, 0.3) is 17.6 Å². The van der Waals surface area contributed by atoms with E-state index < -0.39 is 56.7 Å². The Morgan fingerprint density at radius 1 is 0.637 bits per heavy atom. The van der Waals surface area contributed by atoms with Gasteiger partial charge in [0.2, 0.25) is 5.95 Å². The van der Waals surface area contributed by atoms with E-state index in [1.807, 2.05) is 81.4 Å². The maximum atomic E-state index is 13.6. The molecule has 0 saturated carbocycles. The number of Topliss-reactive ketones (excluding diaryl/α,β-unsaturated/α-hetero) is 1. The monoisotopic (exact) mass is 1130 g/mol. The Hall–Kier alpha value is -7.35. The van der Waals surface area contributed by atoms with Crippen LogP contribution in [0.4, 0.5) is 16.4 Å². The van der Waals surface area contributed by atoms with E-state index in [0.717, 1.165) is 34.2 Å². The molecule has 80 heavy (non-hydrogen) atoms. The zero-order chi connectivity index (χ0) is 59.4. The van der Waals surface area contributed by atoms with Crippen LogP contribution in [0.25, 0.3) is 10.9 Å². The summed E-state index contributed by atoms with van der Waals surface area (Å²) in [6, 6.07) is 28.7. The van der Waals surface area contributed by atoms with Crippen molar-refractivity contribution in [3.05, 3.63) is 130 Å². The van der Waals surface area contributed by atoms with E-state index in [1.54, 1.807) is 58.6 Å². The number of nitrogens with two attached hydrogens (primary N) is 1. The number of nitrogen functional groups attached to an aromatic ring is 1. The third-order valence-corrected chi connectivity index (χ3v) is 14.8. The molecule has 1 aromatic heterocycles. The quantitative estimate of drug-likeness (QED) is 0.0235. The zero-order valence-corrected chi connectivity index (χ0v) is 51.6. The predicted molar refractivity (Wildman–Crippen MR) is 320 cm³/mol. The molecule has 0 spiro atoms. The third-order valence-electron chi connectivity index (χ3n) is 13.3. The maximum absolute atomic E-state index is 13.6. The Bertz CT molecular complexity index is 3090. The van der Waals surface area contributed by atoms with Crippen LogP contribution >= 0.6 is 0 Å². The maximum Gasteiger partial charge on any atom is 0.412 e. The van der Waals surface area contributed by atoms with E-state index in [1.165, 1.54) is 17.0 Å². The van der Waals surface area contributed by atoms with E-state index in [-0.39, 0.29) is 41.4 Å². The van der Waals surface area contributed by atoms with Gasteiger partial charge >= 0.3 is 18.0 Å². The molecule has 2 atom stereocenters. The van der Waals surface area contributed by atoms with E-state index in [9.17, 15) is 28.8 Å². The third kappa shape index (κ3) is 16.6. The second-order valence-corrected chi connectivity index (χ2v) is 32.6. The highest BCUT2D eigenvalue weighted by molar-refractivity contribution is 6.76. The molecule has 2 unspecified atom stereocenters. The van der Waals surface area contributed by atoms with Crippen LogP contribution in [0.5, 0.6) is 0 Å². The van der Waals surface area contributed by atoms with Crippen LogP contribution in [-0.2, 0) is 65.6 Å². The van der Waals surface area contributed by atoms with E-state index in [0.29, 0.717) is 68.5 Å². The van der Waals surface area contributed by atoms with Crippen LogP contribution < -0.4 is 11.1 Å². The average Bonchev–Trinajstić information content (AvgIpc) is 4.05. The summed E-state index contributed by atoms with van der Waals surface area (Å²) >= 11 is 0. The van der Waals surface area contributed by atoms with Gasteiger partial charge in [-0.2, -0.15) is 0 Å². The fourth-order valence-electron chi connectivity index (χ4n) is 9.25. The lowest BCUT2D eigenvalue weighted by Gasteiger charge is -2.28. The lowest BCUT2D eigenvalue weighted by molar-refractivity contribution is -0.150. The van der Waals surface area contributed by atoms with Crippen molar-refractivity contribution in [3.63, 3.8) is 0 Å². The molecule has 3 heterocycles. The molecule has 2 aliphatic heterocycles. The second-order valence-electron chi connectivity index (χ2n) is 23.5. The molecule has 0 bridgehead atoms. The van der Waals surface area contributed by atoms with Crippen molar-refractivity contribution < 1.29 is 43.0 Å². The van der Waals surface area contributed by atoms with Gasteiger partial charge in [0.15, 0.2) is 16.5 Å². The molecule has 428 valence electrons. The molecule has 0 aliphatic carbocycles. The fourth-order valence-corrected chi connectivity index (χ4v) is 10.0. The summed E-state index contributed by atoms with van der Waals surface area (Å²) in [4.78, 5) is 90.7. The normalized spacial score (nSPS) is 14.2. The summed E-state index contributed by atoms with van der Waals surface area (Å²) in [5.74, 6) is -2.31. The summed E-state index contributed by atoms with van der Waals surface area (Å²) in [6.07, 6.45) is 1.85. The molecular weight excluding hydrogens is 1040 g/mol. The number of hydrogen-bond donors (Lipinski definition) is 2. The average molecular weight is 1130 g/mol. The molecule has 3 N–H and O–H groups in total. The van der Waals surface area contributed by atoms with Crippen molar-refractivity contribution in [2.24, 2.45) is 9.32 Å². The first-order chi connectivity index (χ1) is 37.5. The van der Waals surface area contributed by atoms with Crippen molar-refractivity contribution in [2.45, 2.75) is 170 Å². The van der Waals surface area contributed by atoms with E-state index >= 15 is 0 Å². The lowest BCUT2D eigenvalue weighted by atomic mass is 9.77.